The SMILES string of the molecule is Oc1cc2ccc(CC3NCCc4ccccc43)cc2cc1O. The topological polar surface area (TPSA) is 52.5 Å². The highest BCUT2D eigenvalue weighted by molar-refractivity contribution is 5.86. The molecular formula is C20H19NO2. The fourth-order valence-corrected chi connectivity index (χ4v) is 3.46. The van der Waals surface area contributed by atoms with Crippen molar-refractivity contribution in [2.24, 2.45) is 0 Å². The number of fused-ring (bicyclic) bond motifs is 2. The predicted molar refractivity (Wildman–Crippen MR) is 91.9 cm³/mol. The van der Waals surface area contributed by atoms with E-state index in [1.54, 1.807) is 12.1 Å². The van der Waals surface area contributed by atoms with Crippen LogP contribution in [0.2, 0.25) is 0 Å². The summed E-state index contributed by atoms with van der Waals surface area (Å²) in [5, 5.41) is 24.8. The number of phenolic OH excluding ortho intramolecular Hbond substituents is 2. The van der Waals surface area contributed by atoms with Crippen molar-refractivity contribution in [1.82, 2.24) is 5.32 Å². The molecule has 0 radical (unpaired) electrons. The maximum atomic E-state index is 9.70. The Morgan fingerprint density at radius 1 is 0.913 bits per heavy atom. The number of hydrogen-bond acceptors (Lipinski definition) is 3. The second-order valence-corrected chi connectivity index (χ2v) is 6.18. The molecule has 0 spiro atoms. The van der Waals surface area contributed by atoms with Crippen LogP contribution in [-0.2, 0) is 12.8 Å². The third-order valence-electron chi connectivity index (χ3n) is 4.65. The summed E-state index contributed by atoms with van der Waals surface area (Å²) >= 11 is 0. The maximum Gasteiger partial charge on any atom is 0.158 e. The highest BCUT2D eigenvalue weighted by atomic mass is 16.3. The summed E-state index contributed by atoms with van der Waals surface area (Å²) in [4.78, 5) is 0. The van der Waals surface area contributed by atoms with Crippen molar-refractivity contribution < 1.29 is 10.2 Å². The molecule has 0 saturated carbocycles. The van der Waals surface area contributed by atoms with Gasteiger partial charge in [0.15, 0.2) is 11.5 Å². The van der Waals surface area contributed by atoms with E-state index in [1.165, 1.54) is 16.7 Å². The van der Waals surface area contributed by atoms with E-state index in [0.717, 1.165) is 30.2 Å². The lowest BCUT2D eigenvalue weighted by Gasteiger charge is -2.27. The van der Waals surface area contributed by atoms with Crippen LogP contribution in [0, 0.1) is 0 Å². The molecule has 3 aromatic rings. The zero-order valence-corrected chi connectivity index (χ0v) is 12.8. The van der Waals surface area contributed by atoms with Gasteiger partial charge >= 0.3 is 0 Å². The van der Waals surface area contributed by atoms with Crippen molar-refractivity contribution >= 4 is 10.8 Å². The zero-order chi connectivity index (χ0) is 15.8. The molecule has 116 valence electrons. The molecule has 23 heavy (non-hydrogen) atoms. The first-order valence-corrected chi connectivity index (χ1v) is 7.96. The average molecular weight is 305 g/mol. The van der Waals surface area contributed by atoms with Crippen LogP contribution in [0.5, 0.6) is 11.5 Å². The van der Waals surface area contributed by atoms with Crippen molar-refractivity contribution in [3.05, 3.63) is 71.3 Å². The second kappa shape index (κ2) is 5.60. The van der Waals surface area contributed by atoms with Gasteiger partial charge in [0.05, 0.1) is 0 Å². The van der Waals surface area contributed by atoms with Crippen molar-refractivity contribution in [1.29, 1.82) is 0 Å². The van der Waals surface area contributed by atoms with E-state index in [9.17, 15) is 10.2 Å². The lowest BCUT2D eigenvalue weighted by molar-refractivity contribution is 0.405. The second-order valence-electron chi connectivity index (χ2n) is 6.18. The molecule has 4 rings (SSSR count). The standard InChI is InChI=1S/C20H19NO2/c22-19-11-15-6-5-13(9-16(15)12-20(19)23)10-18-17-4-2-1-3-14(17)7-8-21-18/h1-6,9,11-12,18,21-23H,7-8,10H2. The van der Waals surface area contributed by atoms with Gasteiger partial charge in [0.2, 0.25) is 0 Å². The molecule has 0 aromatic heterocycles. The van der Waals surface area contributed by atoms with Crippen LogP contribution < -0.4 is 5.32 Å². The first-order valence-electron chi connectivity index (χ1n) is 7.96. The lowest BCUT2D eigenvalue weighted by Crippen LogP contribution is -2.31. The number of aromatic hydroxyl groups is 2. The highest BCUT2D eigenvalue weighted by Crippen LogP contribution is 2.32. The Balaban J connectivity index is 1.67. The molecule has 1 unspecified atom stereocenters. The predicted octanol–water partition coefficient (Wildman–Crippen LogP) is 3.68. The van der Waals surface area contributed by atoms with Crippen LogP contribution in [0.15, 0.2) is 54.6 Å². The third kappa shape index (κ3) is 2.64. The smallest absolute Gasteiger partial charge is 0.158 e. The third-order valence-corrected chi connectivity index (χ3v) is 4.65. The Morgan fingerprint density at radius 3 is 2.57 bits per heavy atom. The molecule has 1 aliphatic heterocycles. The minimum Gasteiger partial charge on any atom is -0.504 e. The van der Waals surface area contributed by atoms with Crippen LogP contribution in [0.3, 0.4) is 0 Å². The van der Waals surface area contributed by atoms with Gasteiger partial charge < -0.3 is 15.5 Å². The van der Waals surface area contributed by atoms with Crippen LogP contribution >= 0.6 is 0 Å². The van der Waals surface area contributed by atoms with Crippen LogP contribution in [0.25, 0.3) is 10.8 Å². The summed E-state index contributed by atoms with van der Waals surface area (Å²) in [7, 11) is 0. The zero-order valence-electron chi connectivity index (χ0n) is 12.8. The molecular weight excluding hydrogens is 286 g/mol. The average Bonchev–Trinajstić information content (AvgIpc) is 2.57. The quantitative estimate of drug-likeness (QED) is 0.633. The summed E-state index contributed by atoms with van der Waals surface area (Å²) in [5.41, 5.74) is 4.03. The molecule has 0 saturated heterocycles. The first kappa shape index (κ1) is 14.1. The largest absolute Gasteiger partial charge is 0.504 e. The number of nitrogens with one attached hydrogen (secondary N) is 1. The summed E-state index contributed by atoms with van der Waals surface area (Å²) in [5.74, 6) is -0.149. The van der Waals surface area contributed by atoms with Gasteiger partial charge in [0.25, 0.3) is 0 Å². The Morgan fingerprint density at radius 2 is 1.70 bits per heavy atom. The van der Waals surface area contributed by atoms with Gasteiger partial charge in [-0.1, -0.05) is 42.5 Å². The minimum atomic E-state index is -0.0758. The van der Waals surface area contributed by atoms with E-state index < -0.39 is 0 Å². The van der Waals surface area contributed by atoms with Gasteiger partial charge in [-0.25, -0.2) is 0 Å². The summed E-state index contributed by atoms with van der Waals surface area (Å²) in [6.07, 6.45) is 1.99. The number of hydrogen-bond donors (Lipinski definition) is 3. The maximum absolute atomic E-state index is 9.70. The van der Waals surface area contributed by atoms with Gasteiger partial charge in [0.1, 0.15) is 0 Å². The lowest BCUT2D eigenvalue weighted by atomic mass is 9.90. The Labute approximate surface area is 135 Å². The molecule has 1 atom stereocenters. The summed E-state index contributed by atoms with van der Waals surface area (Å²) in [6.45, 7) is 1.00. The molecule has 0 bridgehead atoms. The Hall–Kier alpha value is -2.52. The van der Waals surface area contributed by atoms with Crippen LogP contribution in [0.4, 0.5) is 0 Å². The van der Waals surface area contributed by atoms with Crippen LogP contribution in [0.1, 0.15) is 22.7 Å². The number of benzene rings is 3. The van der Waals surface area contributed by atoms with Gasteiger partial charge in [-0.05, 0) is 59.0 Å². The van der Waals surface area contributed by atoms with E-state index >= 15 is 0 Å². The van der Waals surface area contributed by atoms with Gasteiger partial charge in [0, 0.05) is 6.04 Å². The number of rotatable bonds is 2. The van der Waals surface area contributed by atoms with Crippen LogP contribution in [-0.4, -0.2) is 16.8 Å². The molecule has 0 fully saturated rings. The van der Waals surface area contributed by atoms with Crippen molar-refractivity contribution in [3.63, 3.8) is 0 Å². The van der Waals surface area contributed by atoms with Gasteiger partial charge in [-0.15, -0.1) is 0 Å². The molecule has 3 aromatic carbocycles. The van der Waals surface area contributed by atoms with Crippen molar-refractivity contribution in [3.8, 4) is 11.5 Å². The monoisotopic (exact) mass is 305 g/mol. The molecule has 1 heterocycles. The molecule has 3 nitrogen and oxygen atoms in total. The van der Waals surface area contributed by atoms with Gasteiger partial charge in [-0.2, -0.15) is 0 Å². The molecule has 0 amide bonds. The Bertz CT molecular complexity index is 873. The van der Waals surface area contributed by atoms with E-state index in [4.69, 9.17) is 0 Å². The molecule has 0 aliphatic carbocycles. The van der Waals surface area contributed by atoms with E-state index in [0.29, 0.717) is 6.04 Å². The van der Waals surface area contributed by atoms with Gasteiger partial charge in [-0.3, -0.25) is 0 Å². The fraction of sp³-hybridized carbons (Fsp3) is 0.200. The molecule has 3 heteroatoms. The molecule has 1 aliphatic rings. The first-order chi connectivity index (χ1) is 11.2. The fourth-order valence-electron chi connectivity index (χ4n) is 3.46. The molecule has 3 N–H and O–H groups in total. The Kier molecular flexibility index (Phi) is 3.43. The van der Waals surface area contributed by atoms with E-state index in [-0.39, 0.29) is 11.5 Å². The summed E-state index contributed by atoms with van der Waals surface area (Å²) < 4.78 is 0. The highest BCUT2D eigenvalue weighted by Gasteiger charge is 2.19. The summed E-state index contributed by atoms with van der Waals surface area (Å²) in [6, 6.07) is 18.3. The van der Waals surface area contributed by atoms with E-state index in [1.807, 2.05) is 6.07 Å². The minimum absolute atomic E-state index is 0.0733. The van der Waals surface area contributed by atoms with Crippen molar-refractivity contribution in [2.45, 2.75) is 18.9 Å². The van der Waals surface area contributed by atoms with Crippen molar-refractivity contribution in [2.75, 3.05) is 6.54 Å². The number of phenols is 2. The van der Waals surface area contributed by atoms with E-state index in [2.05, 4.69) is 41.7 Å². The normalized spacial score (nSPS) is 17.1.